The number of hydrogen-bond acceptors (Lipinski definition) is 3. The van der Waals surface area contributed by atoms with Crippen LogP contribution >= 0.6 is 24.0 Å². The van der Waals surface area contributed by atoms with E-state index in [1.54, 1.807) is 31.4 Å². The van der Waals surface area contributed by atoms with Crippen LogP contribution in [-0.2, 0) is 13.0 Å². The maximum atomic E-state index is 12.5. The van der Waals surface area contributed by atoms with Crippen molar-refractivity contribution in [2.75, 3.05) is 13.6 Å². The van der Waals surface area contributed by atoms with Crippen molar-refractivity contribution in [3.8, 4) is 11.4 Å². The predicted molar refractivity (Wildman–Crippen MR) is 124 cm³/mol. The van der Waals surface area contributed by atoms with Crippen molar-refractivity contribution in [2.24, 2.45) is 4.99 Å². The topological polar surface area (TPSA) is 63.5 Å². The standard InChI is InChI=1S/C21H23F2N5O.HI/c1-24-21(26-15-17-5-2-3-6-19(17)29-20(22)23)25-13-11-16-7-9-18(10-8-16)28-14-4-12-27-28;/h2-10,12,14,20H,11,13,15H2,1H3,(H2,24,25,26);1H. The van der Waals surface area contributed by atoms with Gasteiger partial charge in [0.25, 0.3) is 0 Å². The number of benzene rings is 2. The van der Waals surface area contributed by atoms with Gasteiger partial charge in [0.1, 0.15) is 5.75 Å². The SMILES string of the molecule is CN=C(NCCc1ccc(-n2cccn2)cc1)NCc1ccccc1OC(F)F.I. The average molecular weight is 527 g/mol. The Morgan fingerprint density at radius 1 is 1.10 bits per heavy atom. The Morgan fingerprint density at radius 2 is 1.87 bits per heavy atom. The van der Waals surface area contributed by atoms with Crippen molar-refractivity contribution in [2.45, 2.75) is 19.6 Å². The molecular formula is C21H24F2IN5O. The van der Waals surface area contributed by atoms with Crippen molar-refractivity contribution < 1.29 is 13.5 Å². The average Bonchev–Trinajstić information content (AvgIpc) is 3.26. The summed E-state index contributed by atoms with van der Waals surface area (Å²) in [5.41, 5.74) is 2.82. The summed E-state index contributed by atoms with van der Waals surface area (Å²) >= 11 is 0. The minimum absolute atomic E-state index is 0. The molecule has 30 heavy (non-hydrogen) atoms. The fourth-order valence-corrected chi connectivity index (χ4v) is 2.82. The summed E-state index contributed by atoms with van der Waals surface area (Å²) in [7, 11) is 1.66. The number of rotatable bonds is 8. The van der Waals surface area contributed by atoms with Crippen LogP contribution in [0, 0.1) is 0 Å². The minimum atomic E-state index is -2.85. The second-order valence-corrected chi connectivity index (χ2v) is 6.21. The molecule has 160 valence electrons. The molecule has 0 fully saturated rings. The molecule has 1 aromatic heterocycles. The van der Waals surface area contributed by atoms with E-state index in [0.717, 1.165) is 12.1 Å². The first-order valence-corrected chi connectivity index (χ1v) is 9.22. The van der Waals surface area contributed by atoms with Gasteiger partial charge in [-0.3, -0.25) is 4.99 Å². The summed E-state index contributed by atoms with van der Waals surface area (Å²) < 4.78 is 31.4. The molecule has 2 N–H and O–H groups in total. The van der Waals surface area contributed by atoms with E-state index in [-0.39, 0.29) is 29.7 Å². The molecule has 3 aromatic rings. The Labute approximate surface area is 191 Å². The zero-order valence-electron chi connectivity index (χ0n) is 16.5. The van der Waals surface area contributed by atoms with E-state index < -0.39 is 6.61 Å². The lowest BCUT2D eigenvalue weighted by atomic mass is 10.1. The highest BCUT2D eigenvalue weighted by molar-refractivity contribution is 14.0. The van der Waals surface area contributed by atoms with Crippen LogP contribution in [0.3, 0.4) is 0 Å². The summed E-state index contributed by atoms with van der Waals surface area (Å²) in [6.45, 7) is -1.86. The Kier molecular flexibility index (Phi) is 9.52. The summed E-state index contributed by atoms with van der Waals surface area (Å²) in [6, 6.07) is 16.7. The smallest absolute Gasteiger partial charge is 0.387 e. The number of halogens is 3. The third-order valence-corrected chi connectivity index (χ3v) is 4.27. The van der Waals surface area contributed by atoms with E-state index in [0.29, 0.717) is 24.6 Å². The first-order chi connectivity index (χ1) is 14.2. The number of aromatic nitrogens is 2. The predicted octanol–water partition coefficient (Wildman–Crippen LogP) is 4.00. The van der Waals surface area contributed by atoms with Crippen molar-refractivity contribution in [3.05, 3.63) is 78.1 Å². The number of para-hydroxylation sites is 1. The maximum Gasteiger partial charge on any atom is 0.387 e. The molecule has 0 spiro atoms. The first-order valence-electron chi connectivity index (χ1n) is 9.22. The van der Waals surface area contributed by atoms with E-state index in [2.05, 4.69) is 37.6 Å². The largest absolute Gasteiger partial charge is 0.434 e. The molecule has 0 aliphatic carbocycles. The number of aliphatic imine (C=N–C) groups is 1. The molecule has 6 nitrogen and oxygen atoms in total. The third-order valence-electron chi connectivity index (χ3n) is 4.27. The fraction of sp³-hybridized carbons (Fsp3) is 0.238. The second-order valence-electron chi connectivity index (χ2n) is 6.21. The van der Waals surface area contributed by atoms with Crippen molar-refractivity contribution in [1.29, 1.82) is 0 Å². The van der Waals surface area contributed by atoms with E-state index in [1.165, 1.54) is 11.6 Å². The quantitative estimate of drug-likeness (QED) is 0.264. The molecule has 0 saturated heterocycles. The maximum absolute atomic E-state index is 12.5. The van der Waals surface area contributed by atoms with Crippen LogP contribution < -0.4 is 15.4 Å². The number of nitrogens with one attached hydrogen (secondary N) is 2. The van der Waals surface area contributed by atoms with Gasteiger partial charge in [-0.25, -0.2) is 4.68 Å². The number of guanidine groups is 1. The van der Waals surface area contributed by atoms with Crippen molar-refractivity contribution in [1.82, 2.24) is 20.4 Å². The molecule has 0 radical (unpaired) electrons. The van der Waals surface area contributed by atoms with Gasteiger partial charge in [-0.2, -0.15) is 13.9 Å². The second kappa shape index (κ2) is 12.1. The van der Waals surface area contributed by atoms with Crippen molar-refractivity contribution >= 4 is 29.9 Å². The Morgan fingerprint density at radius 3 is 2.53 bits per heavy atom. The Hall–Kier alpha value is -2.69. The summed E-state index contributed by atoms with van der Waals surface area (Å²) in [5.74, 6) is 0.743. The minimum Gasteiger partial charge on any atom is -0.434 e. The molecule has 3 rings (SSSR count). The molecule has 0 saturated carbocycles. The summed E-state index contributed by atoms with van der Waals surface area (Å²) in [6.07, 6.45) is 4.45. The highest BCUT2D eigenvalue weighted by Crippen LogP contribution is 2.19. The molecule has 0 aliphatic rings. The van der Waals surface area contributed by atoms with Crippen LogP contribution in [0.25, 0.3) is 5.69 Å². The van der Waals surface area contributed by atoms with Gasteiger partial charge in [-0.15, -0.1) is 24.0 Å². The van der Waals surface area contributed by atoms with Gasteiger partial charge >= 0.3 is 6.61 Å². The number of ether oxygens (including phenoxy) is 1. The highest BCUT2D eigenvalue weighted by atomic mass is 127. The van der Waals surface area contributed by atoms with Gasteiger partial charge < -0.3 is 15.4 Å². The lowest BCUT2D eigenvalue weighted by molar-refractivity contribution is -0.0504. The summed E-state index contributed by atoms with van der Waals surface area (Å²) in [5, 5.41) is 10.5. The van der Waals surface area contributed by atoms with E-state index in [1.807, 2.05) is 29.1 Å². The van der Waals surface area contributed by atoms with Crippen LogP contribution in [-0.4, -0.2) is 35.9 Å². The fourth-order valence-electron chi connectivity index (χ4n) is 2.82. The van der Waals surface area contributed by atoms with Gasteiger partial charge in [0.2, 0.25) is 0 Å². The molecule has 9 heteroatoms. The molecular weight excluding hydrogens is 503 g/mol. The van der Waals surface area contributed by atoms with Gasteiger partial charge in [0.05, 0.1) is 5.69 Å². The van der Waals surface area contributed by atoms with Crippen molar-refractivity contribution in [3.63, 3.8) is 0 Å². The van der Waals surface area contributed by atoms with Crippen LogP contribution in [0.5, 0.6) is 5.75 Å². The molecule has 0 bridgehead atoms. The highest BCUT2D eigenvalue weighted by Gasteiger charge is 2.09. The van der Waals surface area contributed by atoms with Crippen LogP contribution in [0.1, 0.15) is 11.1 Å². The van der Waals surface area contributed by atoms with E-state index in [9.17, 15) is 8.78 Å². The Bertz CT molecular complexity index is 917. The van der Waals surface area contributed by atoms with Crippen LogP contribution in [0.2, 0.25) is 0 Å². The number of hydrogen-bond donors (Lipinski definition) is 2. The number of nitrogens with zero attached hydrogens (tertiary/aromatic N) is 3. The zero-order valence-corrected chi connectivity index (χ0v) is 18.8. The van der Waals surface area contributed by atoms with Gasteiger partial charge in [0.15, 0.2) is 5.96 Å². The van der Waals surface area contributed by atoms with Crippen LogP contribution in [0.15, 0.2) is 72.0 Å². The first kappa shape index (κ1) is 23.6. The lowest BCUT2D eigenvalue weighted by Crippen LogP contribution is -2.37. The van der Waals surface area contributed by atoms with E-state index in [4.69, 9.17) is 0 Å². The lowest BCUT2D eigenvalue weighted by Gasteiger charge is -2.14. The Balaban J connectivity index is 0.00000320. The van der Waals surface area contributed by atoms with Crippen LogP contribution in [0.4, 0.5) is 8.78 Å². The van der Waals surface area contributed by atoms with Gasteiger partial charge in [-0.05, 0) is 36.2 Å². The van der Waals surface area contributed by atoms with Gasteiger partial charge in [0, 0.05) is 38.1 Å². The monoisotopic (exact) mass is 527 g/mol. The third kappa shape index (κ3) is 6.97. The summed E-state index contributed by atoms with van der Waals surface area (Å²) in [4.78, 5) is 4.17. The number of alkyl halides is 2. The zero-order chi connectivity index (χ0) is 20.5. The molecule has 1 heterocycles. The molecule has 0 aliphatic heterocycles. The molecule has 0 atom stereocenters. The molecule has 0 unspecified atom stereocenters. The van der Waals surface area contributed by atoms with E-state index >= 15 is 0 Å². The normalized spacial score (nSPS) is 11.1. The van der Waals surface area contributed by atoms with Gasteiger partial charge in [-0.1, -0.05) is 30.3 Å². The molecule has 2 aromatic carbocycles. The molecule has 0 amide bonds.